The summed E-state index contributed by atoms with van der Waals surface area (Å²) in [6, 6.07) is 14.0. The molecular weight excluding hydrogens is 1090 g/mol. The van der Waals surface area contributed by atoms with Gasteiger partial charge in [-0.3, -0.25) is 24.4 Å². The maximum Gasteiger partial charge on any atom is 0.501 e. The van der Waals surface area contributed by atoms with Gasteiger partial charge in [-0.05, 0) is 83.9 Å². The van der Waals surface area contributed by atoms with Crippen LogP contribution < -0.4 is 37.4 Å². The van der Waals surface area contributed by atoms with Crippen molar-refractivity contribution in [2.75, 3.05) is 60.2 Å². The van der Waals surface area contributed by atoms with Crippen LogP contribution in [0.2, 0.25) is 0 Å². The minimum absolute atomic E-state index is 0.0477. The van der Waals surface area contributed by atoms with Crippen molar-refractivity contribution in [2.45, 2.75) is 81.7 Å². The molecule has 4 aromatic rings. The summed E-state index contributed by atoms with van der Waals surface area (Å²) in [5.41, 5.74) is 12.5. The van der Waals surface area contributed by atoms with Gasteiger partial charge in [-0.25, -0.2) is 0 Å². The summed E-state index contributed by atoms with van der Waals surface area (Å²) >= 11 is 0. The highest BCUT2D eigenvalue weighted by molar-refractivity contribution is 7.82. The number of carbonyl (C=O) groups is 3. The van der Waals surface area contributed by atoms with Crippen molar-refractivity contribution >= 4 is 51.9 Å². The number of hydrogen-bond acceptors (Lipinski definition) is 21. The van der Waals surface area contributed by atoms with Gasteiger partial charge in [-0.1, -0.05) is 35.5 Å². The summed E-state index contributed by atoms with van der Waals surface area (Å²) in [5, 5.41) is 47.6. The molecular formula is C55H60N8O18S. The number of fused-ring (bicyclic) bond motifs is 4. The minimum atomic E-state index is -5.19. The normalized spacial score (nSPS) is 21.8. The Bertz CT molecular complexity index is 3220. The Balaban J connectivity index is 0.996. The molecule has 0 radical (unpaired) electrons. The molecule has 7 atom stereocenters. The highest BCUT2D eigenvalue weighted by Gasteiger charge is 2.45. The lowest BCUT2D eigenvalue weighted by molar-refractivity contribution is -0.277. The van der Waals surface area contributed by atoms with E-state index in [2.05, 4.69) is 38.5 Å². The number of rotatable bonds is 24. The first-order valence-electron chi connectivity index (χ1n) is 25.9. The van der Waals surface area contributed by atoms with E-state index in [0.29, 0.717) is 65.1 Å². The van der Waals surface area contributed by atoms with Gasteiger partial charge in [0.2, 0.25) is 12.2 Å². The Kier molecular flexibility index (Phi) is 18.3. The van der Waals surface area contributed by atoms with E-state index in [-0.39, 0.29) is 117 Å². The summed E-state index contributed by atoms with van der Waals surface area (Å²) in [4.78, 5) is 55.4. The van der Waals surface area contributed by atoms with E-state index in [0.717, 1.165) is 11.1 Å². The number of aryl methyl sites for hydroxylation is 1. The lowest BCUT2D eigenvalue weighted by Gasteiger charge is -2.39. The summed E-state index contributed by atoms with van der Waals surface area (Å²) < 4.78 is 80.3. The Morgan fingerprint density at radius 2 is 1.37 bits per heavy atom. The van der Waals surface area contributed by atoms with Crippen LogP contribution in [0.5, 0.6) is 40.2 Å². The van der Waals surface area contributed by atoms with E-state index in [9.17, 15) is 43.2 Å². The third-order valence-corrected chi connectivity index (χ3v) is 14.6. The number of amides is 3. The van der Waals surface area contributed by atoms with Gasteiger partial charge in [-0.2, -0.15) is 0 Å². The zero-order valence-electron chi connectivity index (χ0n) is 44.6. The maximum absolute atomic E-state index is 14.2. The molecule has 5 aliphatic rings. The lowest BCUT2D eigenvalue weighted by atomic mass is 9.99. The number of ether oxygens (including phenoxy) is 7. The van der Waals surface area contributed by atoms with Crippen LogP contribution in [-0.2, 0) is 44.3 Å². The fraction of sp³-hybridized carbons (Fsp3) is 0.400. The average molecular weight is 1150 g/mol. The number of carbonyl (C=O) groups excluding carboxylic acids is 3. The highest BCUT2D eigenvalue weighted by Crippen LogP contribution is 2.42. The lowest BCUT2D eigenvalue weighted by Crippen LogP contribution is -2.60. The molecule has 82 heavy (non-hydrogen) atoms. The molecule has 0 aliphatic carbocycles. The van der Waals surface area contributed by atoms with Crippen molar-refractivity contribution in [3.05, 3.63) is 123 Å². The van der Waals surface area contributed by atoms with Gasteiger partial charge < -0.3 is 77.1 Å². The predicted octanol–water partition coefficient (Wildman–Crippen LogP) is 4.09. The third kappa shape index (κ3) is 13.6. The number of methoxy groups -OCH3 is 2. The van der Waals surface area contributed by atoms with Crippen LogP contribution in [0.15, 0.2) is 100 Å². The molecule has 5 aliphatic heterocycles. The SMILES string of the molecule is C=C1C[C@H]2C=Nc3cc(OCc4cc(COc5cc6c(cc5OC)C(=O)N5CC(=C)C[C@H]5C=N6)cc(OS(=O)(=O)Oc5cc(CCC(=O)NCCOCCN=[N+]=[N-])ccc5O[C@@H]5O[C@H](CO)[C@H](O)[C@H](O)[C@H]5O)c4)c(OC)cc3C(=O)N2C1. The number of nitrogens with zero attached hydrogens (tertiary/aromatic N) is 7. The summed E-state index contributed by atoms with van der Waals surface area (Å²) in [6.07, 6.45) is -4.12. The van der Waals surface area contributed by atoms with Gasteiger partial charge in [0, 0.05) is 62.1 Å². The number of aliphatic hydroxyl groups is 4. The molecule has 434 valence electrons. The van der Waals surface area contributed by atoms with Gasteiger partial charge in [-0.15, -0.1) is 8.42 Å². The van der Waals surface area contributed by atoms with E-state index < -0.39 is 53.5 Å². The van der Waals surface area contributed by atoms with E-state index in [4.69, 9.17) is 47.1 Å². The summed E-state index contributed by atoms with van der Waals surface area (Å²) in [7, 11) is -2.36. The molecule has 3 amide bonds. The Morgan fingerprint density at radius 1 is 0.768 bits per heavy atom. The predicted molar refractivity (Wildman–Crippen MR) is 292 cm³/mol. The zero-order valence-corrected chi connectivity index (χ0v) is 45.4. The second-order valence-electron chi connectivity index (χ2n) is 19.7. The second kappa shape index (κ2) is 25.7. The monoisotopic (exact) mass is 1150 g/mol. The van der Waals surface area contributed by atoms with Gasteiger partial charge in [0.25, 0.3) is 11.8 Å². The molecule has 4 aromatic carbocycles. The maximum atomic E-state index is 14.2. The van der Waals surface area contributed by atoms with Gasteiger partial charge in [0.1, 0.15) is 43.4 Å². The van der Waals surface area contributed by atoms with E-state index in [1.54, 1.807) is 40.4 Å². The standard InChI is InChI=1S/C55H60N8O18S/c1-30-13-35-23-58-40-21-45(43(73-3)19-38(40)53(69)62(35)25-30)76-28-33-15-34(29-77-46-22-41-39(20-44(46)74-4)54(70)63-26-31(2)14-36(63)24-59-41)17-37(16-33)80-82(71,72)81-47-18-32(6-8-49(65)57-9-11-75-12-10-60-61-56)5-7-42(47)78-55-52(68)51(67)50(66)48(27-64)79-55/h5,7,15-24,35-36,48,50-52,55,64,66-68H,1-2,6,8-14,25-29H2,3-4H3,(H,57,65)/t35-,36-,48+,50-,51-,52+,55+/m0/s1. The second-order valence-corrected chi connectivity index (χ2v) is 20.8. The van der Waals surface area contributed by atoms with Gasteiger partial charge in [0.15, 0.2) is 34.5 Å². The van der Waals surface area contributed by atoms with Crippen molar-refractivity contribution in [1.82, 2.24) is 15.1 Å². The Morgan fingerprint density at radius 3 is 1.93 bits per heavy atom. The van der Waals surface area contributed by atoms with Crippen LogP contribution in [-0.4, -0.2) is 172 Å². The van der Waals surface area contributed by atoms with E-state index >= 15 is 0 Å². The van der Waals surface area contributed by atoms with Crippen molar-refractivity contribution < 1.29 is 84.8 Å². The first-order chi connectivity index (χ1) is 39.4. The van der Waals surface area contributed by atoms with E-state index in [1.165, 1.54) is 56.7 Å². The summed E-state index contributed by atoms with van der Waals surface area (Å²) in [6.45, 7) is 8.17. The average Bonchev–Trinajstić information content (AvgIpc) is 4.20. The molecule has 9 rings (SSSR count). The van der Waals surface area contributed by atoms with Gasteiger partial charge in [0.05, 0.1) is 68.6 Å². The number of hydrogen-bond donors (Lipinski definition) is 5. The molecule has 0 aromatic heterocycles. The van der Waals surface area contributed by atoms with Crippen LogP contribution >= 0.6 is 0 Å². The van der Waals surface area contributed by atoms with Crippen LogP contribution in [0.25, 0.3) is 10.4 Å². The number of aliphatic hydroxyl groups excluding tert-OH is 4. The zero-order chi connectivity index (χ0) is 58.2. The third-order valence-electron chi connectivity index (χ3n) is 13.8. The van der Waals surface area contributed by atoms with Crippen molar-refractivity contribution in [3.63, 3.8) is 0 Å². The molecule has 5 N–H and O–H groups in total. The summed E-state index contributed by atoms with van der Waals surface area (Å²) in [5.74, 6) is -1.25. The number of aliphatic imine (C=N–C) groups is 2. The topological polar surface area (TPSA) is 341 Å². The molecule has 3 fully saturated rings. The molecule has 0 unspecified atom stereocenters. The molecule has 0 spiro atoms. The fourth-order valence-electron chi connectivity index (χ4n) is 9.74. The largest absolute Gasteiger partial charge is 0.501 e. The molecule has 26 nitrogen and oxygen atoms in total. The van der Waals surface area contributed by atoms with Crippen molar-refractivity contribution in [1.29, 1.82) is 0 Å². The van der Waals surface area contributed by atoms with Gasteiger partial charge >= 0.3 is 10.4 Å². The molecule has 27 heteroatoms. The van der Waals surface area contributed by atoms with Crippen LogP contribution in [0.4, 0.5) is 11.4 Å². The first-order valence-corrected chi connectivity index (χ1v) is 27.2. The molecule has 0 saturated carbocycles. The van der Waals surface area contributed by atoms with E-state index in [1.807, 2.05) is 0 Å². The minimum Gasteiger partial charge on any atom is -0.493 e. The Labute approximate surface area is 470 Å². The first kappa shape index (κ1) is 58.4. The molecule has 0 bridgehead atoms. The fourth-order valence-corrected chi connectivity index (χ4v) is 10.5. The quantitative estimate of drug-likeness (QED) is 0.0217. The Hall–Kier alpha value is -8.27. The highest BCUT2D eigenvalue weighted by atomic mass is 32.3. The van der Waals surface area contributed by atoms with Crippen molar-refractivity contribution in [3.8, 4) is 40.2 Å². The van der Waals surface area contributed by atoms with Crippen LogP contribution in [0, 0.1) is 0 Å². The van der Waals surface area contributed by atoms with Crippen LogP contribution in [0.3, 0.4) is 0 Å². The number of benzene rings is 4. The van der Waals surface area contributed by atoms with Crippen molar-refractivity contribution in [2.24, 2.45) is 15.1 Å². The number of azide groups is 1. The molecule has 5 heterocycles. The van der Waals surface area contributed by atoms with Crippen LogP contribution in [0.1, 0.15) is 56.7 Å². The molecule has 3 saturated heterocycles. The smallest absolute Gasteiger partial charge is 0.493 e. The number of nitrogens with one attached hydrogen (secondary N) is 1.